The SMILES string of the molecule is COc1ccccc1OCc1ccc(C(=O)NCc2nnc(C)s2)o1. The van der Waals surface area contributed by atoms with Gasteiger partial charge in [0.2, 0.25) is 0 Å². The van der Waals surface area contributed by atoms with Crippen LogP contribution >= 0.6 is 11.3 Å². The van der Waals surface area contributed by atoms with Gasteiger partial charge in [-0.15, -0.1) is 10.2 Å². The van der Waals surface area contributed by atoms with Crippen LogP contribution in [0.2, 0.25) is 0 Å². The molecule has 3 rings (SSSR count). The summed E-state index contributed by atoms with van der Waals surface area (Å²) >= 11 is 1.44. The minimum absolute atomic E-state index is 0.198. The number of aromatic nitrogens is 2. The first-order valence-electron chi connectivity index (χ1n) is 7.57. The zero-order valence-corrected chi connectivity index (χ0v) is 14.6. The van der Waals surface area contributed by atoms with Crippen LogP contribution in [0.4, 0.5) is 0 Å². The van der Waals surface area contributed by atoms with Gasteiger partial charge in [0.05, 0.1) is 13.7 Å². The van der Waals surface area contributed by atoms with E-state index < -0.39 is 0 Å². The number of rotatable bonds is 7. The van der Waals surface area contributed by atoms with E-state index in [1.807, 2.05) is 25.1 Å². The van der Waals surface area contributed by atoms with Gasteiger partial charge in [-0.2, -0.15) is 0 Å². The molecule has 0 bridgehead atoms. The van der Waals surface area contributed by atoms with Gasteiger partial charge in [-0.1, -0.05) is 23.5 Å². The number of aryl methyl sites for hydroxylation is 1. The van der Waals surface area contributed by atoms with Crippen molar-refractivity contribution in [1.29, 1.82) is 0 Å². The average molecular weight is 359 g/mol. The van der Waals surface area contributed by atoms with E-state index in [4.69, 9.17) is 13.9 Å². The molecule has 25 heavy (non-hydrogen) atoms. The third-order valence-corrected chi connectivity index (χ3v) is 4.13. The van der Waals surface area contributed by atoms with Crippen molar-refractivity contribution in [3.05, 3.63) is 57.9 Å². The molecule has 130 valence electrons. The molecule has 1 amide bonds. The number of hydrogen-bond acceptors (Lipinski definition) is 7. The van der Waals surface area contributed by atoms with Crippen LogP contribution in [0.15, 0.2) is 40.8 Å². The highest BCUT2D eigenvalue weighted by Crippen LogP contribution is 2.26. The molecule has 8 heteroatoms. The van der Waals surface area contributed by atoms with Crippen LogP contribution in [0.25, 0.3) is 0 Å². The van der Waals surface area contributed by atoms with Crippen molar-refractivity contribution in [2.24, 2.45) is 0 Å². The van der Waals surface area contributed by atoms with Crippen LogP contribution in [-0.4, -0.2) is 23.2 Å². The first kappa shape index (κ1) is 17.0. The molecular weight excluding hydrogens is 342 g/mol. The summed E-state index contributed by atoms with van der Waals surface area (Å²) in [5.41, 5.74) is 0. The molecule has 1 aromatic carbocycles. The van der Waals surface area contributed by atoms with Crippen LogP contribution in [0.5, 0.6) is 11.5 Å². The lowest BCUT2D eigenvalue weighted by Gasteiger charge is -2.08. The number of hydrogen-bond donors (Lipinski definition) is 1. The Kier molecular flexibility index (Phi) is 5.30. The van der Waals surface area contributed by atoms with E-state index in [1.54, 1.807) is 25.3 Å². The lowest BCUT2D eigenvalue weighted by atomic mass is 10.3. The minimum atomic E-state index is -0.309. The summed E-state index contributed by atoms with van der Waals surface area (Å²) in [6.45, 7) is 2.38. The largest absolute Gasteiger partial charge is 0.493 e. The van der Waals surface area contributed by atoms with Gasteiger partial charge in [0.25, 0.3) is 5.91 Å². The average Bonchev–Trinajstić information content (AvgIpc) is 3.27. The number of furan rings is 1. The maximum absolute atomic E-state index is 12.1. The topological polar surface area (TPSA) is 86.5 Å². The molecule has 0 saturated carbocycles. The zero-order valence-electron chi connectivity index (χ0n) is 13.8. The van der Waals surface area contributed by atoms with Crippen molar-refractivity contribution in [2.75, 3.05) is 7.11 Å². The molecular formula is C17H17N3O4S. The summed E-state index contributed by atoms with van der Waals surface area (Å²) in [4.78, 5) is 12.1. The second-order valence-corrected chi connectivity index (χ2v) is 6.37. The summed E-state index contributed by atoms with van der Waals surface area (Å²) < 4.78 is 16.4. The van der Waals surface area contributed by atoms with Crippen molar-refractivity contribution in [2.45, 2.75) is 20.1 Å². The molecule has 2 aromatic heterocycles. The summed E-state index contributed by atoms with van der Waals surface area (Å²) in [5, 5.41) is 12.2. The number of methoxy groups -OCH3 is 1. The first-order chi connectivity index (χ1) is 12.2. The molecule has 0 saturated heterocycles. The van der Waals surface area contributed by atoms with E-state index in [0.29, 0.717) is 23.8 Å². The predicted molar refractivity (Wildman–Crippen MR) is 91.9 cm³/mol. The third-order valence-electron chi connectivity index (χ3n) is 3.29. The Bertz CT molecular complexity index is 859. The van der Waals surface area contributed by atoms with E-state index in [9.17, 15) is 4.79 Å². The predicted octanol–water partition coefficient (Wildman–Crippen LogP) is 2.96. The molecule has 0 aliphatic heterocycles. The van der Waals surface area contributed by atoms with Gasteiger partial charge in [0.1, 0.15) is 22.4 Å². The maximum atomic E-state index is 12.1. The highest BCUT2D eigenvalue weighted by molar-refractivity contribution is 7.11. The fraction of sp³-hybridized carbons (Fsp3) is 0.235. The Morgan fingerprint density at radius 3 is 2.72 bits per heavy atom. The van der Waals surface area contributed by atoms with Gasteiger partial charge < -0.3 is 19.2 Å². The molecule has 2 heterocycles. The molecule has 0 atom stereocenters. The molecule has 0 aliphatic carbocycles. The summed E-state index contributed by atoms with van der Waals surface area (Å²) in [5.74, 6) is 1.71. The van der Waals surface area contributed by atoms with Gasteiger partial charge in [0, 0.05) is 0 Å². The van der Waals surface area contributed by atoms with Gasteiger partial charge in [-0.05, 0) is 31.2 Å². The summed E-state index contributed by atoms with van der Waals surface area (Å²) in [6.07, 6.45) is 0. The van der Waals surface area contributed by atoms with E-state index >= 15 is 0 Å². The molecule has 0 unspecified atom stereocenters. The lowest BCUT2D eigenvalue weighted by molar-refractivity contribution is 0.0919. The van der Waals surface area contributed by atoms with Crippen LogP contribution < -0.4 is 14.8 Å². The van der Waals surface area contributed by atoms with Crippen molar-refractivity contribution in [1.82, 2.24) is 15.5 Å². The number of benzene rings is 1. The quantitative estimate of drug-likeness (QED) is 0.698. The van der Waals surface area contributed by atoms with Crippen LogP contribution in [-0.2, 0) is 13.2 Å². The van der Waals surface area contributed by atoms with Gasteiger partial charge in [-0.25, -0.2) is 0 Å². The number of nitrogens with zero attached hydrogens (tertiary/aromatic N) is 2. The fourth-order valence-corrected chi connectivity index (χ4v) is 2.77. The smallest absolute Gasteiger partial charge is 0.287 e. The highest BCUT2D eigenvalue weighted by Gasteiger charge is 2.13. The Labute approximate surface area is 148 Å². The number of carbonyl (C=O) groups is 1. The summed E-state index contributed by atoms with van der Waals surface area (Å²) in [6, 6.07) is 10.7. The zero-order chi connectivity index (χ0) is 17.6. The van der Waals surface area contributed by atoms with E-state index in [1.165, 1.54) is 11.3 Å². The molecule has 7 nitrogen and oxygen atoms in total. The molecule has 3 aromatic rings. The Morgan fingerprint density at radius 1 is 1.20 bits per heavy atom. The monoisotopic (exact) mass is 359 g/mol. The highest BCUT2D eigenvalue weighted by atomic mass is 32.1. The van der Waals surface area contributed by atoms with E-state index in [-0.39, 0.29) is 18.3 Å². The number of nitrogens with one attached hydrogen (secondary N) is 1. The van der Waals surface area contributed by atoms with E-state index in [0.717, 1.165) is 10.0 Å². The van der Waals surface area contributed by atoms with Gasteiger partial charge in [0.15, 0.2) is 17.3 Å². The number of carbonyl (C=O) groups excluding carboxylic acids is 1. The number of ether oxygens (including phenoxy) is 2. The Morgan fingerprint density at radius 2 is 2.00 bits per heavy atom. The Balaban J connectivity index is 1.55. The minimum Gasteiger partial charge on any atom is -0.493 e. The van der Waals surface area contributed by atoms with Crippen molar-refractivity contribution in [3.8, 4) is 11.5 Å². The van der Waals surface area contributed by atoms with Crippen LogP contribution in [0.3, 0.4) is 0 Å². The molecule has 0 spiro atoms. The van der Waals surface area contributed by atoms with Crippen LogP contribution in [0.1, 0.15) is 26.3 Å². The molecule has 1 N–H and O–H groups in total. The van der Waals surface area contributed by atoms with Crippen molar-refractivity contribution >= 4 is 17.2 Å². The lowest BCUT2D eigenvalue weighted by Crippen LogP contribution is -2.22. The van der Waals surface area contributed by atoms with Crippen molar-refractivity contribution < 1.29 is 18.7 Å². The Hall–Kier alpha value is -2.87. The number of amides is 1. The van der Waals surface area contributed by atoms with Gasteiger partial charge in [-0.3, -0.25) is 4.79 Å². The van der Waals surface area contributed by atoms with Crippen molar-refractivity contribution in [3.63, 3.8) is 0 Å². The molecule has 0 fully saturated rings. The third kappa shape index (κ3) is 4.36. The standard InChI is InChI=1S/C17H17N3O4S/c1-11-19-20-16(25-11)9-18-17(21)15-8-7-12(24-15)10-23-14-6-4-3-5-13(14)22-2/h3-8H,9-10H2,1-2H3,(H,18,21). The molecule has 0 radical (unpaired) electrons. The summed E-state index contributed by atoms with van der Waals surface area (Å²) in [7, 11) is 1.58. The van der Waals surface area contributed by atoms with E-state index in [2.05, 4.69) is 15.5 Å². The van der Waals surface area contributed by atoms with Crippen LogP contribution in [0, 0.1) is 6.92 Å². The second-order valence-electron chi connectivity index (χ2n) is 5.10. The van der Waals surface area contributed by atoms with Gasteiger partial charge >= 0.3 is 0 Å². The maximum Gasteiger partial charge on any atom is 0.287 e. The fourth-order valence-electron chi connectivity index (χ4n) is 2.12. The first-order valence-corrected chi connectivity index (χ1v) is 8.39. The molecule has 0 aliphatic rings. The normalized spacial score (nSPS) is 10.5. The number of para-hydroxylation sites is 2. The second kappa shape index (κ2) is 7.80.